The van der Waals surface area contributed by atoms with Crippen LogP contribution in [0.4, 0.5) is 0 Å². The van der Waals surface area contributed by atoms with Crippen molar-refractivity contribution in [1.82, 2.24) is 10.6 Å². The van der Waals surface area contributed by atoms with Crippen molar-refractivity contribution in [1.29, 1.82) is 0 Å². The molecule has 0 saturated heterocycles. The molecule has 1 amide bonds. The first-order chi connectivity index (χ1) is 10.3. The van der Waals surface area contributed by atoms with Crippen LogP contribution in [-0.2, 0) is 4.79 Å². The number of hydrogen-bond donors (Lipinski definition) is 3. The number of nitrogens with two attached hydrogens (primary N) is 1. The third-order valence-corrected chi connectivity index (χ3v) is 3.64. The maximum atomic E-state index is 11.3. The molecule has 0 atom stereocenters. The molecule has 0 rings (SSSR count). The molecule has 0 radical (unpaired) electrons. The first-order valence-electron chi connectivity index (χ1n) is 8.61. The van der Waals surface area contributed by atoms with Crippen LogP contribution in [0, 0.1) is 11.3 Å². The van der Waals surface area contributed by atoms with Crippen molar-refractivity contribution in [3.63, 3.8) is 0 Å². The fourth-order valence-electron chi connectivity index (χ4n) is 1.93. The summed E-state index contributed by atoms with van der Waals surface area (Å²) in [6, 6.07) is 0. The first kappa shape index (κ1) is 20.7. The molecule has 0 aromatic carbocycles. The Bertz CT molecular complexity index is 338. The summed E-state index contributed by atoms with van der Waals surface area (Å²) in [4.78, 5) is 15.8. The van der Waals surface area contributed by atoms with E-state index in [-0.39, 0.29) is 5.91 Å². The van der Waals surface area contributed by atoms with Crippen LogP contribution < -0.4 is 16.4 Å². The van der Waals surface area contributed by atoms with E-state index < -0.39 is 5.41 Å². The lowest BCUT2D eigenvalue weighted by Gasteiger charge is -2.19. The van der Waals surface area contributed by atoms with E-state index in [0.717, 1.165) is 31.4 Å². The molecule has 0 aromatic rings. The molecule has 5 nitrogen and oxygen atoms in total. The predicted molar refractivity (Wildman–Crippen MR) is 94.9 cm³/mol. The second kappa shape index (κ2) is 11.3. The van der Waals surface area contributed by atoms with E-state index in [0.29, 0.717) is 6.54 Å². The molecular formula is C17H36N4O. The standard InChI is InChI=1S/C17H36N4O/c1-6-19-16(21-13-17(4,5)15(18)22)20-12-10-8-7-9-11-14(2)3/h14H,6-13H2,1-5H3,(H2,18,22)(H2,19,20,21). The highest BCUT2D eigenvalue weighted by Gasteiger charge is 2.24. The molecule has 0 aromatic heterocycles. The Morgan fingerprint density at radius 2 is 1.77 bits per heavy atom. The molecule has 5 heteroatoms. The monoisotopic (exact) mass is 312 g/mol. The number of nitrogens with zero attached hydrogens (tertiary/aromatic N) is 1. The number of rotatable bonds is 11. The summed E-state index contributed by atoms with van der Waals surface area (Å²) in [5.74, 6) is 1.25. The summed E-state index contributed by atoms with van der Waals surface area (Å²) < 4.78 is 0. The Balaban J connectivity index is 4.02. The maximum absolute atomic E-state index is 11.3. The lowest BCUT2D eigenvalue weighted by molar-refractivity contribution is -0.125. The van der Waals surface area contributed by atoms with Gasteiger partial charge in [-0.05, 0) is 33.1 Å². The zero-order chi connectivity index (χ0) is 17.0. The van der Waals surface area contributed by atoms with E-state index in [1.807, 2.05) is 20.8 Å². The topological polar surface area (TPSA) is 79.5 Å². The van der Waals surface area contributed by atoms with Crippen molar-refractivity contribution in [2.45, 2.75) is 66.7 Å². The van der Waals surface area contributed by atoms with Crippen LogP contribution in [0.2, 0.25) is 0 Å². The number of nitrogens with one attached hydrogen (secondary N) is 2. The van der Waals surface area contributed by atoms with Crippen LogP contribution in [0.15, 0.2) is 4.99 Å². The number of aliphatic imine (C=N–C) groups is 1. The van der Waals surface area contributed by atoms with Gasteiger partial charge in [-0.3, -0.25) is 9.79 Å². The molecule has 0 bridgehead atoms. The molecule has 0 aliphatic heterocycles. The number of guanidine groups is 1. The second-order valence-corrected chi connectivity index (χ2v) is 6.97. The summed E-state index contributed by atoms with van der Waals surface area (Å²) in [6.45, 7) is 12.3. The molecule has 4 N–H and O–H groups in total. The zero-order valence-corrected chi connectivity index (χ0v) is 15.2. The van der Waals surface area contributed by atoms with Gasteiger partial charge in [0.05, 0.1) is 12.0 Å². The summed E-state index contributed by atoms with van der Waals surface area (Å²) >= 11 is 0. The quantitative estimate of drug-likeness (QED) is 0.312. The summed E-state index contributed by atoms with van der Waals surface area (Å²) in [5, 5.41) is 6.52. The molecule has 0 unspecified atom stereocenters. The van der Waals surface area contributed by atoms with Crippen LogP contribution in [0.5, 0.6) is 0 Å². The Labute approximate surface area is 136 Å². The van der Waals surface area contributed by atoms with Gasteiger partial charge in [-0.25, -0.2) is 0 Å². The predicted octanol–water partition coefficient (Wildman–Crippen LogP) is 2.66. The van der Waals surface area contributed by atoms with Gasteiger partial charge in [-0.15, -0.1) is 0 Å². The van der Waals surface area contributed by atoms with Crippen LogP contribution in [0.25, 0.3) is 0 Å². The van der Waals surface area contributed by atoms with E-state index >= 15 is 0 Å². The summed E-state index contributed by atoms with van der Waals surface area (Å²) in [7, 11) is 0. The van der Waals surface area contributed by atoms with Crippen LogP contribution in [-0.4, -0.2) is 31.5 Å². The van der Waals surface area contributed by atoms with Crippen molar-refractivity contribution in [3.8, 4) is 0 Å². The Morgan fingerprint density at radius 3 is 2.32 bits per heavy atom. The fraction of sp³-hybridized carbons (Fsp3) is 0.882. The molecule has 22 heavy (non-hydrogen) atoms. The highest BCUT2D eigenvalue weighted by molar-refractivity contribution is 5.82. The van der Waals surface area contributed by atoms with Gasteiger partial charge in [0.1, 0.15) is 0 Å². The van der Waals surface area contributed by atoms with Gasteiger partial charge in [0.2, 0.25) is 5.91 Å². The van der Waals surface area contributed by atoms with Gasteiger partial charge in [-0.1, -0.05) is 39.5 Å². The molecule has 0 aliphatic carbocycles. The highest BCUT2D eigenvalue weighted by Crippen LogP contribution is 2.14. The number of amides is 1. The van der Waals surface area contributed by atoms with E-state index in [1.165, 1.54) is 25.7 Å². The number of primary amides is 1. The maximum Gasteiger partial charge on any atom is 0.224 e. The number of carbonyl (C=O) groups is 1. The highest BCUT2D eigenvalue weighted by atomic mass is 16.1. The largest absolute Gasteiger partial charge is 0.369 e. The van der Waals surface area contributed by atoms with Crippen molar-refractivity contribution >= 4 is 11.9 Å². The van der Waals surface area contributed by atoms with Crippen molar-refractivity contribution < 1.29 is 4.79 Å². The summed E-state index contributed by atoms with van der Waals surface area (Å²) in [5.41, 5.74) is 4.76. The molecule has 0 heterocycles. The van der Waals surface area contributed by atoms with Crippen molar-refractivity contribution in [3.05, 3.63) is 0 Å². The van der Waals surface area contributed by atoms with E-state index in [2.05, 4.69) is 29.5 Å². The van der Waals surface area contributed by atoms with Crippen LogP contribution in [0.1, 0.15) is 66.7 Å². The normalized spacial score (nSPS) is 12.5. The van der Waals surface area contributed by atoms with Crippen LogP contribution in [0.3, 0.4) is 0 Å². The average molecular weight is 313 g/mol. The van der Waals surface area contributed by atoms with Gasteiger partial charge in [-0.2, -0.15) is 0 Å². The minimum absolute atomic E-state index is 0.322. The summed E-state index contributed by atoms with van der Waals surface area (Å²) in [6.07, 6.45) is 6.31. The Morgan fingerprint density at radius 1 is 1.14 bits per heavy atom. The molecular weight excluding hydrogens is 276 g/mol. The Kier molecular flexibility index (Phi) is 10.7. The molecule has 0 aliphatic rings. The molecule has 130 valence electrons. The SMILES string of the molecule is CCNC(=NCC(C)(C)C(N)=O)NCCCCCCC(C)C. The fourth-order valence-corrected chi connectivity index (χ4v) is 1.93. The smallest absolute Gasteiger partial charge is 0.224 e. The number of hydrogen-bond acceptors (Lipinski definition) is 2. The lowest BCUT2D eigenvalue weighted by Crippen LogP contribution is -2.40. The van der Waals surface area contributed by atoms with E-state index in [4.69, 9.17) is 5.73 Å². The minimum Gasteiger partial charge on any atom is -0.369 e. The van der Waals surface area contributed by atoms with Gasteiger partial charge >= 0.3 is 0 Å². The van der Waals surface area contributed by atoms with Gasteiger partial charge in [0.25, 0.3) is 0 Å². The first-order valence-corrected chi connectivity index (χ1v) is 8.61. The van der Waals surface area contributed by atoms with Crippen molar-refractivity contribution in [2.24, 2.45) is 22.1 Å². The van der Waals surface area contributed by atoms with Gasteiger partial charge in [0.15, 0.2) is 5.96 Å². The minimum atomic E-state index is -0.612. The lowest BCUT2D eigenvalue weighted by atomic mass is 9.93. The number of carbonyl (C=O) groups excluding carboxylic acids is 1. The second-order valence-electron chi connectivity index (χ2n) is 6.97. The van der Waals surface area contributed by atoms with Crippen molar-refractivity contribution in [2.75, 3.05) is 19.6 Å². The molecule has 0 spiro atoms. The third kappa shape index (κ3) is 10.5. The third-order valence-electron chi connectivity index (χ3n) is 3.64. The molecule has 0 fully saturated rings. The van der Waals surface area contributed by atoms with E-state index in [9.17, 15) is 4.79 Å². The van der Waals surface area contributed by atoms with E-state index in [1.54, 1.807) is 0 Å². The Hall–Kier alpha value is -1.26. The van der Waals surface area contributed by atoms with Gasteiger partial charge < -0.3 is 16.4 Å². The zero-order valence-electron chi connectivity index (χ0n) is 15.2. The average Bonchev–Trinajstić information content (AvgIpc) is 2.43. The van der Waals surface area contributed by atoms with Gasteiger partial charge in [0, 0.05) is 13.1 Å². The van der Waals surface area contributed by atoms with Crippen LogP contribution >= 0.6 is 0 Å². The molecule has 0 saturated carbocycles. The number of unbranched alkanes of at least 4 members (excludes halogenated alkanes) is 3.